The van der Waals surface area contributed by atoms with Gasteiger partial charge in [-0.25, -0.2) is 9.37 Å². The number of rotatable bonds is 3. The summed E-state index contributed by atoms with van der Waals surface area (Å²) in [6, 6.07) is 8.58. The van der Waals surface area contributed by atoms with Gasteiger partial charge in [-0.1, -0.05) is 6.07 Å². The summed E-state index contributed by atoms with van der Waals surface area (Å²) in [5.41, 5.74) is 2.78. The van der Waals surface area contributed by atoms with Crippen molar-refractivity contribution in [3.8, 4) is 0 Å². The van der Waals surface area contributed by atoms with Crippen LogP contribution < -0.4 is 10.6 Å². The van der Waals surface area contributed by atoms with E-state index in [9.17, 15) is 9.18 Å². The van der Waals surface area contributed by atoms with Gasteiger partial charge in [-0.05, 0) is 31.2 Å². The number of anilines is 3. The normalized spacial score (nSPS) is 10.7. The highest BCUT2D eigenvalue weighted by Crippen LogP contribution is 2.23. The monoisotopic (exact) mass is 298 g/mol. The Bertz CT molecular complexity index is 856. The van der Waals surface area contributed by atoms with E-state index in [1.807, 2.05) is 24.4 Å². The Morgan fingerprint density at radius 3 is 2.82 bits per heavy atom. The average molecular weight is 298 g/mol. The number of halogens is 1. The second-order valence-corrected chi connectivity index (χ2v) is 5.03. The molecule has 0 saturated carbocycles. The third kappa shape index (κ3) is 2.76. The fraction of sp³-hybridized carbons (Fsp3) is 0.125. The summed E-state index contributed by atoms with van der Waals surface area (Å²) in [7, 11) is 0. The van der Waals surface area contributed by atoms with Crippen molar-refractivity contribution in [2.75, 3.05) is 10.6 Å². The summed E-state index contributed by atoms with van der Waals surface area (Å²) in [4.78, 5) is 15.3. The maximum Gasteiger partial charge on any atom is 0.222 e. The Labute approximate surface area is 126 Å². The number of hydrogen-bond donors (Lipinski definition) is 2. The molecule has 2 aromatic heterocycles. The maximum absolute atomic E-state index is 13.6. The molecule has 3 aromatic rings. The van der Waals surface area contributed by atoms with Gasteiger partial charge in [0.1, 0.15) is 11.5 Å². The Kier molecular flexibility index (Phi) is 3.50. The molecular weight excluding hydrogens is 283 g/mol. The second-order valence-electron chi connectivity index (χ2n) is 5.03. The lowest BCUT2D eigenvalue weighted by Gasteiger charge is -2.10. The number of benzene rings is 1. The van der Waals surface area contributed by atoms with Gasteiger partial charge in [0, 0.05) is 24.4 Å². The first-order valence-electron chi connectivity index (χ1n) is 6.81. The average Bonchev–Trinajstić information content (AvgIpc) is 2.84. The Balaban J connectivity index is 1.91. The van der Waals surface area contributed by atoms with Crippen molar-refractivity contribution < 1.29 is 9.18 Å². The molecule has 5 nitrogen and oxygen atoms in total. The summed E-state index contributed by atoms with van der Waals surface area (Å²) >= 11 is 0. The van der Waals surface area contributed by atoms with Crippen LogP contribution in [-0.4, -0.2) is 15.3 Å². The lowest BCUT2D eigenvalue weighted by molar-refractivity contribution is -0.114. The van der Waals surface area contributed by atoms with E-state index in [4.69, 9.17) is 0 Å². The standard InChI is InChI=1S/C16H15FN4O/c1-10-13(17)4-3-5-14(10)19-12-6-7-16-20-15(18-11(2)22)9-21(16)8-12/h3-9,19H,1-2H3,(H,18,22). The fourth-order valence-corrected chi connectivity index (χ4v) is 2.20. The molecule has 0 saturated heterocycles. The number of fused-ring (bicyclic) bond motifs is 1. The van der Waals surface area contributed by atoms with Crippen molar-refractivity contribution in [2.45, 2.75) is 13.8 Å². The molecule has 0 unspecified atom stereocenters. The van der Waals surface area contributed by atoms with E-state index in [1.165, 1.54) is 13.0 Å². The van der Waals surface area contributed by atoms with Crippen LogP contribution in [0.2, 0.25) is 0 Å². The summed E-state index contributed by atoms with van der Waals surface area (Å²) in [5.74, 6) is 0.0744. The largest absolute Gasteiger partial charge is 0.354 e. The molecule has 1 amide bonds. The minimum atomic E-state index is -0.248. The first kappa shape index (κ1) is 14.1. The highest BCUT2D eigenvalue weighted by molar-refractivity contribution is 5.87. The molecule has 0 aliphatic rings. The van der Waals surface area contributed by atoms with Crippen LogP contribution in [-0.2, 0) is 4.79 Å². The zero-order chi connectivity index (χ0) is 15.7. The van der Waals surface area contributed by atoms with Crippen LogP contribution >= 0.6 is 0 Å². The smallest absolute Gasteiger partial charge is 0.222 e. The first-order chi connectivity index (χ1) is 10.5. The van der Waals surface area contributed by atoms with E-state index >= 15 is 0 Å². The van der Waals surface area contributed by atoms with Crippen LogP contribution in [0.1, 0.15) is 12.5 Å². The molecule has 112 valence electrons. The van der Waals surface area contributed by atoms with Crippen molar-refractivity contribution in [3.05, 3.63) is 54.1 Å². The number of amides is 1. The van der Waals surface area contributed by atoms with Crippen molar-refractivity contribution in [3.63, 3.8) is 0 Å². The summed E-state index contributed by atoms with van der Waals surface area (Å²) in [5, 5.41) is 5.82. The number of imidazole rings is 1. The molecule has 22 heavy (non-hydrogen) atoms. The molecule has 0 aliphatic carbocycles. The second kappa shape index (κ2) is 5.48. The van der Waals surface area contributed by atoms with Gasteiger partial charge in [-0.2, -0.15) is 0 Å². The molecule has 6 heteroatoms. The number of carbonyl (C=O) groups excluding carboxylic acids is 1. The zero-order valence-electron chi connectivity index (χ0n) is 12.2. The SMILES string of the molecule is CC(=O)Nc1cn2cc(Nc3cccc(F)c3C)ccc2n1. The molecule has 0 atom stereocenters. The highest BCUT2D eigenvalue weighted by Gasteiger charge is 2.06. The van der Waals surface area contributed by atoms with Gasteiger partial charge in [-0.3, -0.25) is 4.79 Å². The van der Waals surface area contributed by atoms with Gasteiger partial charge in [0.15, 0.2) is 5.82 Å². The van der Waals surface area contributed by atoms with Gasteiger partial charge in [0.25, 0.3) is 0 Å². The Morgan fingerprint density at radius 2 is 2.05 bits per heavy atom. The Morgan fingerprint density at radius 1 is 1.23 bits per heavy atom. The predicted octanol–water partition coefficient (Wildman–Crippen LogP) is 3.48. The third-order valence-corrected chi connectivity index (χ3v) is 3.30. The zero-order valence-corrected chi connectivity index (χ0v) is 12.2. The molecule has 2 heterocycles. The minimum absolute atomic E-state index is 0.169. The molecule has 1 aromatic carbocycles. The quantitative estimate of drug-likeness (QED) is 0.778. The lowest BCUT2D eigenvalue weighted by Crippen LogP contribution is -2.05. The molecular formula is C16H15FN4O. The third-order valence-electron chi connectivity index (χ3n) is 3.30. The van der Waals surface area contributed by atoms with Crippen LogP contribution in [0.25, 0.3) is 5.65 Å². The molecule has 0 aliphatic heterocycles. The number of pyridine rings is 1. The van der Waals surface area contributed by atoms with Crippen molar-refractivity contribution in [2.24, 2.45) is 0 Å². The van der Waals surface area contributed by atoms with Crippen LogP contribution in [0.5, 0.6) is 0 Å². The van der Waals surface area contributed by atoms with E-state index < -0.39 is 0 Å². The highest BCUT2D eigenvalue weighted by atomic mass is 19.1. The van der Waals surface area contributed by atoms with Crippen LogP contribution in [0.15, 0.2) is 42.7 Å². The van der Waals surface area contributed by atoms with Gasteiger partial charge in [0.2, 0.25) is 5.91 Å². The maximum atomic E-state index is 13.6. The van der Waals surface area contributed by atoms with Crippen molar-refractivity contribution >= 4 is 28.7 Å². The predicted molar refractivity (Wildman–Crippen MR) is 83.9 cm³/mol. The number of nitrogens with zero attached hydrogens (tertiary/aromatic N) is 2. The topological polar surface area (TPSA) is 58.4 Å². The van der Waals surface area contributed by atoms with Gasteiger partial charge < -0.3 is 15.0 Å². The summed E-state index contributed by atoms with van der Waals surface area (Å²) in [6.07, 6.45) is 3.55. The van der Waals surface area contributed by atoms with Crippen LogP contribution in [0, 0.1) is 12.7 Å². The van der Waals surface area contributed by atoms with Crippen LogP contribution in [0.3, 0.4) is 0 Å². The number of hydrogen-bond acceptors (Lipinski definition) is 3. The van der Waals surface area contributed by atoms with Crippen molar-refractivity contribution in [1.82, 2.24) is 9.38 Å². The summed E-state index contributed by atoms with van der Waals surface area (Å²) < 4.78 is 15.4. The van der Waals surface area contributed by atoms with Gasteiger partial charge >= 0.3 is 0 Å². The molecule has 0 radical (unpaired) electrons. The first-order valence-corrected chi connectivity index (χ1v) is 6.81. The van der Waals surface area contributed by atoms with Gasteiger partial charge in [0.05, 0.1) is 11.9 Å². The number of carbonyl (C=O) groups is 1. The summed E-state index contributed by atoms with van der Waals surface area (Å²) in [6.45, 7) is 3.16. The van der Waals surface area contributed by atoms with Crippen molar-refractivity contribution in [1.29, 1.82) is 0 Å². The van der Waals surface area contributed by atoms with E-state index in [0.29, 0.717) is 22.7 Å². The van der Waals surface area contributed by atoms with E-state index in [2.05, 4.69) is 15.6 Å². The van der Waals surface area contributed by atoms with Crippen LogP contribution in [0.4, 0.5) is 21.6 Å². The molecule has 0 fully saturated rings. The Hall–Kier alpha value is -2.89. The fourth-order valence-electron chi connectivity index (χ4n) is 2.20. The molecule has 0 bridgehead atoms. The van der Waals surface area contributed by atoms with E-state index in [-0.39, 0.29) is 11.7 Å². The van der Waals surface area contributed by atoms with Gasteiger partial charge in [-0.15, -0.1) is 0 Å². The van der Waals surface area contributed by atoms with E-state index in [0.717, 1.165) is 5.69 Å². The molecule has 0 spiro atoms. The minimum Gasteiger partial charge on any atom is -0.354 e. The number of nitrogens with one attached hydrogen (secondary N) is 2. The lowest BCUT2D eigenvalue weighted by atomic mass is 10.2. The van der Waals surface area contributed by atoms with E-state index in [1.54, 1.807) is 23.6 Å². The molecule has 2 N–H and O–H groups in total. The number of aromatic nitrogens is 2. The molecule has 3 rings (SSSR count).